The predicted molar refractivity (Wildman–Crippen MR) is 128 cm³/mol. The van der Waals surface area contributed by atoms with Crippen LogP contribution in [0.1, 0.15) is 66.2 Å². The summed E-state index contributed by atoms with van der Waals surface area (Å²) >= 11 is 0. The van der Waals surface area contributed by atoms with E-state index in [1.807, 2.05) is 13.8 Å². The van der Waals surface area contributed by atoms with Gasteiger partial charge in [-0.15, -0.1) is 5.06 Å². The molecule has 2 amide bonds. The monoisotopic (exact) mass is 491 g/mol. The van der Waals surface area contributed by atoms with Gasteiger partial charge in [-0.1, -0.05) is 41.2 Å². The molecule has 31 heavy (non-hydrogen) atoms. The third kappa shape index (κ3) is 12.0. The van der Waals surface area contributed by atoms with Gasteiger partial charge in [0.25, 0.3) is 11.8 Å². The molecule has 0 spiro atoms. The van der Waals surface area contributed by atoms with Gasteiger partial charge in [0.2, 0.25) is 0 Å². The lowest BCUT2D eigenvalue weighted by Crippen LogP contribution is -2.32. The molecule has 10 heteroatoms. The average molecular weight is 492 g/mol. The Labute approximate surface area is 195 Å². The van der Waals surface area contributed by atoms with Crippen LogP contribution in [0.15, 0.2) is 0 Å². The van der Waals surface area contributed by atoms with Crippen molar-refractivity contribution in [3.63, 3.8) is 0 Å². The minimum absolute atomic E-state index is 0.0883. The number of hydrogen-bond acceptors (Lipinski definition) is 8. The van der Waals surface area contributed by atoms with Gasteiger partial charge < -0.3 is 9.57 Å². The highest BCUT2D eigenvalue weighted by molar-refractivity contribution is 8.77. The second kappa shape index (κ2) is 11.7. The zero-order chi connectivity index (χ0) is 23.9. The first kappa shape index (κ1) is 28.0. The van der Waals surface area contributed by atoms with Gasteiger partial charge in [0.05, 0.1) is 6.61 Å². The van der Waals surface area contributed by atoms with Gasteiger partial charge in [0.1, 0.15) is 0 Å². The molecular weight excluding hydrogens is 454 g/mol. The van der Waals surface area contributed by atoms with Crippen molar-refractivity contribution in [3.8, 4) is 0 Å². The summed E-state index contributed by atoms with van der Waals surface area (Å²) in [4.78, 5) is 52.0. The number of amides is 2. The number of hydroxylamine groups is 2. The molecule has 0 aliphatic carbocycles. The zero-order valence-corrected chi connectivity index (χ0v) is 22.5. The molecule has 1 aliphatic heterocycles. The van der Waals surface area contributed by atoms with Crippen molar-refractivity contribution in [2.45, 2.75) is 101 Å². The van der Waals surface area contributed by atoms with Gasteiger partial charge in [-0.2, -0.15) is 0 Å². The number of nitrogens with zero attached hydrogens (tertiary/aromatic N) is 1. The Balaban J connectivity index is 2.33. The first-order valence-electron chi connectivity index (χ1n) is 10.7. The maximum atomic E-state index is 12.0. The quantitative estimate of drug-likeness (QED) is 0.154. The van der Waals surface area contributed by atoms with Crippen LogP contribution in [-0.4, -0.2) is 53.0 Å². The number of esters is 1. The first-order valence-corrected chi connectivity index (χ1v) is 16.5. The van der Waals surface area contributed by atoms with Crippen LogP contribution in [0.25, 0.3) is 0 Å². The fourth-order valence-corrected chi connectivity index (χ4v) is 5.85. The first-order chi connectivity index (χ1) is 14.1. The number of carbonyl (C=O) groups is 4. The van der Waals surface area contributed by atoms with Crippen LogP contribution in [-0.2, 0) is 28.8 Å². The molecular formula is C21H37NO6S2Si. The van der Waals surface area contributed by atoms with Crippen molar-refractivity contribution in [1.82, 2.24) is 5.06 Å². The molecule has 0 aromatic carbocycles. The smallest absolute Gasteiger partial charge is 0.333 e. The third-order valence-electron chi connectivity index (χ3n) is 4.67. The molecule has 7 nitrogen and oxygen atoms in total. The number of carbonyl (C=O) groups excluding carboxylic acids is 4. The van der Waals surface area contributed by atoms with E-state index >= 15 is 0 Å². The van der Waals surface area contributed by atoms with E-state index in [9.17, 15) is 19.2 Å². The molecule has 1 fully saturated rings. The van der Waals surface area contributed by atoms with E-state index in [-0.39, 0.29) is 34.7 Å². The molecule has 0 aromatic heterocycles. The number of ether oxygens (including phenoxy) is 1. The maximum Gasteiger partial charge on any atom is 0.333 e. The van der Waals surface area contributed by atoms with Crippen LogP contribution in [0.2, 0.25) is 25.7 Å². The molecule has 0 bridgehead atoms. The van der Waals surface area contributed by atoms with Crippen LogP contribution in [0.3, 0.4) is 0 Å². The zero-order valence-electron chi connectivity index (χ0n) is 19.9. The van der Waals surface area contributed by atoms with Gasteiger partial charge in [-0.05, 0) is 46.6 Å². The van der Waals surface area contributed by atoms with Crippen LogP contribution in [0.4, 0.5) is 0 Å². The third-order valence-corrected chi connectivity index (χ3v) is 10.7. The van der Waals surface area contributed by atoms with E-state index < -0.39 is 25.9 Å². The Bertz CT molecular complexity index is 659. The Morgan fingerprint density at radius 3 is 1.81 bits per heavy atom. The van der Waals surface area contributed by atoms with E-state index in [2.05, 4.69) is 33.5 Å². The maximum absolute atomic E-state index is 12.0. The molecule has 0 saturated carbocycles. The van der Waals surface area contributed by atoms with Crippen molar-refractivity contribution in [3.05, 3.63) is 0 Å². The van der Waals surface area contributed by atoms with Crippen LogP contribution in [0, 0.1) is 0 Å². The highest BCUT2D eigenvalue weighted by Crippen LogP contribution is 2.47. The van der Waals surface area contributed by atoms with Gasteiger partial charge in [-0.3, -0.25) is 14.4 Å². The standard InChI is InChI=1S/C21H37NO6S2Si/c1-20(2,12-10-18(25)27-14-15-31(5,6)7)29-30-21(3,4)13-11-19(26)28-22-16(23)8-9-17(22)24/h8-15H2,1-7H3. The summed E-state index contributed by atoms with van der Waals surface area (Å²) in [6.45, 7) is 15.5. The van der Waals surface area contributed by atoms with E-state index in [1.54, 1.807) is 21.6 Å². The number of rotatable bonds is 13. The summed E-state index contributed by atoms with van der Waals surface area (Å²) in [7, 11) is 2.14. The van der Waals surface area contributed by atoms with Gasteiger partial charge >= 0.3 is 11.9 Å². The molecule has 0 unspecified atom stereocenters. The lowest BCUT2D eigenvalue weighted by molar-refractivity contribution is -0.197. The topological polar surface area (TPSA) is 90.0 Å². The van der Waals surface area contributed by atoms with E-state index in [0.29, 0.717) is 30.9 Å². The lowest BCUT2D eigenvalue weighted by Gasteiger charge is -2.29. The lowest BCUT2D eigenvalue weighted by atomic mass is 10.1. The highest BCUT2D eigenvalue weighted by atomic mass is 33.1. The van der Waals surface area contributed by atoms with Crippen LogP contribution < -0.4 is 0 Å². The fraction of sp³-hybridized carbons (Fsp3) is 0.810. The minimum Gasteiger partial charge on any atom is -0.466 e. The van der Waals surface area contributed by atoms with Crippen LogP contribution >= 0.6 is 21.6 Å². The largest absolute Gasteiger partial charge is 0.466 e. The summed E-state index contributed by atoms with van der Waals surface area (Å²) in [6, 6.07) is 0.976. The second-order valence-electron chi connectivity index (χ2n) is 10.3. The van der Waals surface area contributed by atoms with Gasteiger partial charge in [0.15, 0.2) is 0 Å². The van der Waals surface area contributed by atoms with Crippen molar-refractivity contribution >= 4 is 53.4 Å². The molecule has 0 N–H and O–H groups in total. The fourth-order valence-electron chi connectivity index (χ4n) is 2.46. The SMILES string of the molecule is CC(C)(CCC(=O)OCC[Si](C)(C)C)SSC(C)(C)CCC(=O)ON1C(=O)CCC1=O. The Hall–Kier alpha value is -1.00. The molecule has 0 aromatic rings. The molecule has 1 saturated heterocycles. The highest BCUT2D eigenvalue weighted by Gasteiger charge is 2.33. The predicted octanol–water partition coefficient (Wildman–Crippen LogP) is 4.97. The molecule has 0 atom stereocenters. The summed E-state index contributed by atoms with van der Waals surface area (Å²) in [5.41, 5.74) is 0. The van der Waals surface area contributed by atoms with Crippen molar-refractivity contribution in [2.75, 3.05) is 6.61 Å². The van der Waals surface area contributed by atoms with Gasteiger partial charge in [-0.25, -0.2) is 4.79 Å². The van der Waals surface area contributed by atoms with E-state index in [1.165, 1.54) is 0 Å². The van der Waals surface area contributed by atoms with Crippen molar-refractivity contribution in [2.24, 2.45) is 0 Å². The molecule has 0 radical (unpaired) electrons. The summed E-state index contributed by atoms with van der Waals surface area (Å²) in [5.74, 6) is -1.67. The second-order valence-corrected chi connectivity index (χ2v) is 19.4. The Morgan fingerprint density at radius 2 is 1.35 bits per heavy atom. The van der Waals surface area contributed by atoms with E-state index in [4.69, 9.17) is 9.57 Å². The van der Waals surface area contributed by atoms with Crippen LogP contribution in [0.5, 0.6) is 0 Å². The molecule has 1 rings (SSSR count). The number of hydrogen-bond donors (Lipinski definition) is 0. The molecule has 178 valence electrons. The van der Waals surface area contributed by atoms with Gasteiger partial charge in [0, 0.05) is 43.3 Å². The molecule has 1 heterocycles. The van der Waals surface area contributed by atoms with Crippen molar-refractivity contribution < 1.29 is 28.8 Å². The summed E-state index contributed by atoms with van der Waals surface area (Å²) < 4.78 is 5.02. The normalized spacial score (nSPS) is 15.4. The minimum atomic E-state index is -1.20. The van der Waals surface area contributed by atoms with E-state index in [0.717, 1.165) is 6.04 Å². The number of imide groups is 1. The molecule has 1 aliphatic rings. The summed E-state index contributed by atoms with van der Waals surface area (Å²) in [5, 5.41) is 0.586. The average Bonchev–Trinajstić information content (AvgIpc) is 2.95. The Morgan fingerprint density at radius 1 is 0.903 bits per heavy atom. The summed E-state index contributed by atoms with van der Waals surface area (Å²) in [6.07, 6.45) is 1.91. The van der Waals surface area contributed by atoms with Crippen molar-refractivity contribution in [1.29, 1.82) is 0 Å². The Kier molecular flexibility index (Phi) is 10.6.